The van der Waals surface area contributed by atoms with E-state index < -0.39 is 0 Å². The minimum absolute atomic E-state index is 0.0638. The van der Waals surface area contributed by atoms with Crippen molar-refractivity contribution in [2.24, 2.45) is 5.41 Å². The first-order chi connectivity index (χ1) is 8.20. The molecule has 1 aromatic rings. The zero-order valence-electron chi connectivity index (χ0n) is 11.9. The molecule has 1 amide bonds. The van der Waals surface area contributed by atoms with Gasteiger partial charge < -0.3 is 16.0 Å². The lowest BCUT2D eigenvalue weighted by atomic mass is 9.97. The average molecular weight is 249 g/mol. The van der Waals surface area contributed by atoms with Gasteiger partial charge in [-0.05, 0) is 23.6 Å². The van der Waals surface area contributed by atoms with E-state index in [1.165, 1.54) is 0 Å². The zero-order chi connectivity index (χ0) is 13.9. The van der Waals surface area contributed by atoms with Gasteiger partial charge in [-0.25, -0.2) is 0 Å². The van der Waals surface area contributed by atoms with Crippen LogP contribution in [0.2, 0.25) is 0 Å². The Bertz CT molecular complexity index is 433. The summed E-state index contributed by atoms with van der Waals surface area (Å²) in [7, 11) is 3.82. The lowest BCUT2D eigenvalue weighted by Crippen LogP contribution is -2.33. The molecule has 0 radical (unpaired) electrons. The molecule has 0 aliphatic carbocycles. The predicted molar refractivity (Wildman–Crippen MR) is 77.0 cm³/mol. The molecule has 0 heterocycles. The second kappa shape index (κ2) is 5.29. The lowest BCUT2D eigenvalue weighted by molar-refractivity contribution is 0.0940. The van der Waals surface area contributed by atoms with Crippen molar-refractivity contribution < 1.29 is 4.79 Å². The molecular weight excluding hydrogens is 226 g/mol. The maximum absolute atomic E-state index is 12.2. The van der Waals surface area contributed by atoms with Crippen LogP contribution in [-0.2, 0) is 0 Å². The Kier molecular flexibility index (Phi) is 4.22. The Morgan fingerprint density at radius 3 is 2.44 bits per heavy atom. The number of benzene rings is 1. The fourth-order valence-corrected chi connectivity index (χ4v) is 1.57. The first-order valence-electron chi connectivity index (χ1n) is 6.06. The van der Waals surface area contributed by atoms with Crippen molar-refractivity contribution in [3.8, 4) is 0 Å². The minimum Gasteiger partial charge on any atom is -0.399 e. The smallest absolute Gasteiger partial charge is 0.253 e. The SMILES string of the molecule is CN(C)c1ccc(N)cc1C(=O)NCC(C)(C)C. The van der Waals surface area contributed by atoms with E-state index in [1.54, 1.807) is 12.1 Å². The fourth-order valence-electron chi connectivity index (χ4n) is 1.57. The first-order valence-corrected chi connectivity index (χ1v) is 6.06. The van der Waals surface area contributed by atoms with Crippen LogP contribution in [0.15, 0.2) is 18.2 Å². The summed E-state index contributed by atoms with van der Waals surface area (Å²) < 4.78 is 0. The fraction of sp³-hybridized carbons (Fsp3) is 0.500. The molecule has 0 saturated carbocycles. The number of hydrogen-bond acceptors (Lipinski definition) is 3. The van der Waals surface area contributed by atoms with Crippen LogP contribution < -0.4 is 16.0 Å². The van der Waals surface area contributed by atoms with Crippen molar-refractivity contribution >= 4 is 17.3 Å². The molecule has 4 nitrogen and oxygen atoms in total. The molecule has 100 valence electrons. The molecule has 0 aliphatic rings. The number of nitrogens with zero attached hydrogens (tertiary/aromatic N) is 1. The number of nitrogen functional groups attached to an aromatic ring is 1. The van der Waals surface area contributed by atoms with Gasteiger partial charge in [-0.1, -0.05) is 20.8 Å². The number of rotatable bonds is 3. The highest BCUT2D eigenvalue weighted by Gasteiger charge is 2.16. The van der Waals surface area contributed by atoms with Crippen molar-refractivity contribution in [1.82, 2.24) is 5.32 Å². The zero-order valence-corrected chi connectivity index (χ0v) is 11.9. The molecular formula is C14H23N3O. The average Bonchev–Trinajstić information content (AvgIpc) is 2.24. The van der Waals surface area contributed by atoms with Crippen LogP contribution >= 0.6 is 0 Å². The van der Waals surface area contributed by atoms with Gasteiger partial charge in [0.15, 0.2) is 0 Å². The van der Waals surface area contributed by atoms with Gasteiger partial charge in [0.2, 0.25) is 0 Å². The molecule has 0 atom stereocenters. The number of nitrogens with two attached hydrogens (primary N) is 1. The molecule has 0 aromatic heterocycles. The number of amides is 1. The third-order valence-corrected chi connectivity index (χ3v) is 2.53. The summed E-state index contributed by atoms with van der Waals surface area (Å²) in [6.45, 7) is 6.88. The number of carbonyl (C=O) groups is 1. The Labute approximate surface area is 109 Å². The normalized spacial score (nSPS) is 11.2. The van der Waals surface area contributed by atoms with Crippen LogP contribution in [0.25, 0.3) is 0 Å². The quantitative estimate of drug-likeness (QED) is 0.807. The van der Waals surface area contributed by atoms with Gasteiger partial charge in [0.1, 0.15) is 0 Å². The van der Waals surface area contributed by atoms with E-state index >= 15 is 0 Å². The highest BCUT2D eigenvalue weighted by molar-refractivity contribution is 6.00. The van der Waals surface area contributed by atoms with E-state index in [-0.39, 0.29) is 11.3 Å². The van der Waals surface area contributed by atoms with Crippen LogP contribution in [0, 0.1) is 5.41 Å². The van der Waals surface area contributed by atoms with Gasteiger partial charge in [0, 0.05) is 32.0 Å². The van der Waals surface area contributed by atoms with Crippen LogP contribution in [0.1, 0.15) is 31.1 Å². The van der Waals surface area contributed by atoms with E-state index in [9.17, 15) is 4.79 Å². The third kappa shape index (κ3) is 3.95. The lowest BCUT2D eigenvalue weighted by Gasteiger charge is -2.21. The maximum atomic E-state index is 12.2. The van der Waals surface area contributed by atoms with E-state index in [4.69, 9.17) is 5.73 Å². The highest BCUT2D eigenvalue weighted by Crippen LogP contribution is 2.21. The van der Waals surface area contributed by atoms with Crippen molar-refractivity contribution in [3.63, 3.8) is 0 Å². The first kappa shape index (κ1) is 14.4. The summed E-state index contributed by atoms with van der Waals surface area (Å²) in [5.41, 5.74) is 7.90. The highest BCUT2D eigenvalue weighted by atomic mass is 16.1. The van der Waals surface area contributed by atoms with Gasteiger partial charge in [0.05, 0.1) is 5.56 Å². The molecule has 0 bridgehead atoms. The van der Waals surface area contributed by atoms with Crippen molar-refractivity contribution in [3.05, 3.63) is 23.8 Å². The molecule has 4 heteroatoms. The molecule has 0 fully saturated rings. The van der Waals surface area contributed by atoms with Crippen LogP contribution in [-0.4, -0.2) is 26.5 Å². The van der Waals surface area contributed by atoms with Gasteiger partial charge in [-0.3, -0.25) is 4.79 Å². The van der Waals surface area contributed by atoms with Gasteiger partial charge in [0.25, 0.3) is 5.91 Å². The third-order valence-electron chi connectivity index (χ3n) is 2.53. The van der Waals surface area contributed by atoms with Gasteiger partial charge in [-0.15, -0.1) is 0 Å². The van der Waals surface area contributed by atoms with Crippen molar-refractivity contribution in [2.45, 2.75) is 20.8 Å². The largest absolute Gasteiger partial charge is 0.399 e. The van der Waals surface area contributed by atoms with Gasteiger partial charge >= 0.3 is 0 Å². The summed E-state index contributed by atoms with van der Waals surface area (Å²) in [6.07, 6.45) is 0. The summed E-state index contributed by atoms with van der Waals surface area (Å²) in [5.74, 6) is -0.0825. The molecule has 1 rings (SSSR count). The minimum atomic E-state index is -0.0825. The van der Waals surface area contributed by atoms with E-state index in [0.29, 0.717) is 17.8 Å². The number of nitrogens with one attached hydrogen (secondary N) is 1. The number of carbonyl (C=O) groups excluding carboxylic acids is 1. The van der Waals surface area contributed by atoms with Crippen LogP contribution in [0.3, 0.4) is 0 Å². The second-order valence-electron chi connectivity index (χ2n) is 5.91. The summed E-state index contributed by atoms with van der Waals surface area (Å²) >= 11 is 0. The monoisotopic (exact) mass is 249 g/mol. The summed E-state index contributed by atoms with van der Waals surface area (Å²) in [5, 5.41) is 2.94. The van der Waals surface area contributed by atoms with Crippen molar-refractivity contribution in [2.75, 3.05) is 31.3 Å². The molecule has 0 saturated heterocycles. The maximum Gasteiger partial charge on any atom is 0.253 e. The summed E-state index contributed by atoms with van der Waals surface area (Å²) in [4.78, 5) is 14.1. The second-order valence-corrected chi connectivity index (χ2v) is 5.91. The van der Waals surface area contributed by atoms with Crippen molar-refractivity contribution in [1.29, 1.82) is 0 Å². The molecule has 3 N–H and O–H groups in total. The topological polar surface area (TPSA) is 58.4 Å². The molecule has 18 heavy (non-hydrogen) atoms. The molecule has 0 spiro atoms. The molecule has 0 unspecified atom stereocenters. The number of anilines is 2. The Hall–Kier alpha value is -1.71. The molecule has 0 aliphatic heterocycles. The van der Waals surface area contributed by atoms with Crippen LogP contribution in [0.4, 0.5) is 11.4 Å². The van der Waals surface area contributed by atoms with E-state index in [1.807, 2.05) is 25.1 Å². The Morgan fingerprint density at radius 1 is 1.33 bits per heavy atom. The predicted octanol–water partition coefficient (Wildman–Crippen LogP) is 2.11. The van der Waals surface area contributed by atoms with Crippen LogP contribution in [0.5, 0.6) is 0 Å². The number of hydrogen-bond donors (Lipinski definition) is 2. The Balaban J connectivity index is 2.94. The molecule has 1 aromatic carbocycles. The van der Waals surface area contributed by atoms with Gasteiger partial charge in [-0.2, -0.15) is 0 Å². The summed E-state index contributed by atoms with van der Waals surface area (Å²) in [6, 6.07) is 5.38. The Morgan fingerprint density at radius 2 is 1.94 bits per heavy atom. The van der Waals surface area contributed by atoms with E-state index in [0.717, 1.165) is 5.69 Å². The van der Waals surface area contributed by atoms with E-state index in [2.05, 4.69) is 26.1 Å². The standard InChI is InChI=1S/C14H23N3O/c1-14(2,3)9-16-13(18)11-8-10(15)6-7-12(11)17(4)5/h6-8H,9,15H2,1-5H3,(H,16,18).